The largest absolute Gasteiger partial charge is 0.304 e. The molecular weight excluding hydrogens is 184 g/mol. The molecule has 2 heterocycles. The summed E-state index contributed by atoms with van der Waals surface area (Å²) in [7, 11) is 2.23. The second-order valence-electron chi connectivity index (χ2n) is 4.30. The Kier molecular flexibility index (Phi) is 9.12. The molecule has 0 amide bonds. The van der Waals surface area contributed by atoms with Crippen LogP contribution in [0.15, 0.2) is 0 Å². The van der Waals surface area contributed by atoms with Crippen molar-refractivity contribution >= 4 is 0 Å². The lowest BCUT2D eigenvalue weighted by atomic mass is 10.2. The van der Waals surface area contributed by atoms with E-state index in [0.29, 0.717) is 0 Å². The van der Waals surface area contributed by atoms with Gasteiger partial charge in [-0.25, -0.2) is 0 Å². The molecule has 0 spiro atoms. The molecule has 92 valence electrons. The molecule has 15 heavy (non-hydrogen) atoms. The first kappa shape index (κ1) is 14.9. The summed E-state index contributed by atoms with van der Waals surface area (Å²) in [5.41, 5.74) is 0. The summed E-state index contributed by atoms with van der Waals surface area (Å²) in [5, 5.41) is 0. The van der Waals surface area contributed by atoms with Gasteiger partial charge in [-0.2, -0.15) is 0 Å². The van der Waals surface area contributed by atoms with Crippen LogP contribution in [-0.2, 0) is 0 Å². The maximum atomic E-state index is 2.64. The van der Waals surface area contributed by atoms with Gasteiger partial charge < -0.3 is 4.90 Å². The van der Waals surface area contributed by atoms with E-state index < -0.39 is 0 Å². The molecule has 0 aromatic rings. The summed E-state index contributed by atoms with van der Waals surface area (Å²) in [4.78, 5) is 5.09. The zero-order valence-electron chi connectivity index (χ0n) is 11.4. The molecule has 2 rings (SSSR count). The van der Waals surface area contributed by atoms with Crippen LogP contribution in [0, 0.1) is 0 Å². The van der Waals surface area contributed by atoms with E-state index in [4.69, 9.17) is 0 Å². The van der Waals surface area contributed by atoms with Crippen molar-refractivity contribution in [3.8, 4) is 0 Å². The minimum Gasteiger partial charge on any atom is -0.304 e. The smallest absolute Gasteiger partial charge is 0.0224 e. The average Bonchev–Trinajstić information content (AvgIpc) is 2.69. The number of nitrogens with zero attached hydrogens (tertiary/aromatic N) is 2. The van der Waals surface area contributed by atoms with Crippen LogP contribution in [0.5, 0.6) is 0 Å². The SMILES string of the molecule is CC.CCC.CN1CCN2CCCC2C1. The molecule has 2 heteroatoms. The van der Waals surface area contributed by atoms with E-state index in [2.05, 4.69) is 30.7 Å². The highest BCUT2D eigenvalue weighted by Crippen LogP contribution is 2.20. The summed E-state index contributed by atoms with van der Waals surface area (Å²) in [6.45, 7) is 13.5. The van der Waals surface area contributed by atoms with Crippen molar-refractivity contribution < 1.29 is 0 Å². The van der Waals surface area contributed by atoms with Gasteiger partial charge in [-0.15, -0.1) is 0 Å². The van der Waals surface area contributed by atoms with Crippen LogP contribution >= 0.6 is 0 Å². The molecular formula is C13H30N2. The Morgan fingerprint density at radius 3 is 2.27 bits per heavy atom. The van der Waals surface area contributed by atoms with E-state index in [0.717, 1.165) is 6.04 Å². The predicted molar refractivity (Wildman–Crippen MR) is 69.4 cm³/mol. The van der Waals surface area contributed by atoms with Crippen molar-refractivity contribution in [3.63, 3.8) is 0 Å². The summed E-state index contributed by atoms with van der Waals surface area (Å²) in [6, 6.07) is 0.902. The minimum absolute atomic E-state index is 0.902. The van der Waals surface area contributed by atoms with Crippen LogP contribution in [-0.4, -0.2) is 49.1 Å². The molecule has 0 bridgehead atoms. The van der Waals surface area contributed by atoms with Crippen molar-refractivity contribution in [2.75, 3.05) is 33.2 Å². The standard InChI is InChI=1S/C8H16N2.C3H8.C2H6/c1-9-5-6-10-4-2-3-8(10)7-9;1-3-2;1-2/h8H,2-7H2,1H3;3H2,1-2H3;1-2H3. The fourth-order valence-electron chi connectivity index (χ4n) is 2.15. The molecule has 0 aromatic carbocycles. The monoisotopic (exact) mass is 214 g/mol. The summed E-state index contributed by atoms with van der Waals surface area (Å²) in [5.74, 6) is 0. The molecule has 1 unspecified atom stereocenters. The maximum absolute atomic E-state index is 2.64. The van der Waals surface area contributed by atoms with Gasteiger partial charge in [0.2, 0.25) is 0 Å². The van der Waals surface area contributed by atoms with Crippen LogP contribution in [0.4, 0.5) is 0 Å². The van der Waals surface area contributed by atoms with Crippen LogP contribution in [0.3, 0.4) is 0 Å². The van der Waals surface area contributed by atoms with E-state index in [9.17, 15) is 0 Å². The molecule has 1 atom stereocenters. The fraction of sp³-hybridized carbons (Fsp3) is 1.00. The fourth-order valence-corrected chi connectivity index (χ4v) is 2.15. The maximum Gasteiger partial charge on any atom is 0.0224 e. The molecule has 0 N–H and O–H groups in total. The van der Waals surface area contributed by atoms with Crippen molar-refractivity contribution in [2.24, 2.45) is 0 Å². The van der Waals surface area contributed by atoms with Gasteiger partial charge in [0.05, 0.1) is 0 Å². The van der Waals surface area contributed by atoms with Gasteiger partial charge in [-0.1, -0.05) is 34.1 Å². The molecule has 2 aliphatic heterocycles. The quantitative estimate of drug-likeness (QED) is 0.612. The number of likely N-dealkylation sites (N-methyl/N-ethyl adjacent to an activating group) is 1. The molecule has 2 nitrogen and oxygen atoms in total. The lowest BCUT2D eigenvalue weighted by Gasteiger charge is -2.35. The second-order valence-corrected chi connectivity index (χ2v) is 4.30. The van der Waals surface area contributed by atoms with Gasteiger partial charge in [0.1, 0.15) is 0 Å². The number of rotatable bonds is 0. The van der Waals surface area contributed by atoms with Crippen molar-refractivity contribution in [1.82, 2.24) is 9.80 Å². The van der Waals surface area contributed by atoms with Gasteiger partial charge in [0.25, 0.3) is 0 Å². The van der Waals surface area contributed by atoms with Crippen LogP contribution in [0.25, 0.3) is 0 Å². The van der Waals surface area contributed by atoms with E-state index in [1.807, 2.05) is 13.8 Å². The molecule has 0 radical (unpaired) electrons. The van der Waals surface area contributed by atoms with Crippen molar-refractivity contribution in [1.29, 1.82) is 0 Å². The third kappa shape index (κ3) is 5.53. The lowest BCUT2D eigenvalue weighted by molar-refractivity contribution is 0.124. The summed E-state index contributed by atoms with van der Waals surface area (Å²) in [6.07, 6.45) is 4.11. The number of hydrogen-bond acceptors (Lipinski definition) is 2. The number of fused-ring (bicyclic) bond motifs is 1. The Balaban J connectivity index is 0.000000342. The van der Waals surface area contributed by atoms with Crippen molar-refractivity contribution in [3.05, 3.63) is 0 Å². The number of piperazine rings is 1. The molecule has 0 aliphatic carbocycles. The zero-order valence-corrected chi connectivity index (χ0v) is 11.4. The van der Waals surface area contributed by atoms with Crippen LogP contribution in [0.1, 0.15) is 47.0 Å². The molecule has 0 aromatic heterocycles. The first-order valence-corrected chi connectivity index (χ1v) is 6.70. The van der Waals surface area contributed by atoms with Crippen molar-refractivity contribution in [2.45, 2.75) is 53.0 Å². The highest BCUT2D eigenvalue weighted by Gasteiger charge is 2.28. The summed E-state index contributed by atoms with van der Waals surface area (Å²) >= 11 is 0. The Labute approximate surface area is 96.6 Å². The Bertz CT molecular complexity index is 136. The van der Waals surface area contributed by atoms with Gasteiger partial charge >= 0.3 is 0 Å². The Morgan fingerprint density at radius 1 is 1.07 bits per heavy atom. The Hall–Kier alpha value is -0.0800. The molecule has 2 aliphatic rings. The van der Waals surface area contributed by atoms with E-state index in [1.54, 1.807) is 0 Å². The zero-order chi connectivity index (χ0) is 11.7. The van der Waals surface area contributed by atoms with Gasteiger partial charge in [-0.05, 0) is 26.4 Å². The lowest BCUT2D eigenvalue weighted by Crippen LogP contribution is -2.48. The third-order valence-electron chi connectivity index (χ3n) is 2.79. The second kappa shape index (κ2) is 9.17. The molecule has 0 saturated carbocycles. The predicted octanol–water partition coefficient (Wildman–Crippen LogP) is 2.84. The highest BCUT2D eigenvalue weighted by molar-refractivity contribution is 4.85. The highest BCUT2D eigenvalue weighted by atomic mass is 15.3. The van der Waals surface area contributed by atoms with Crippen LogP contribution in [0.2, 0.25) is 0 Å². The van der Waals surface area contributed by atoms with Gasteiger partial charge in [-0.3, -0.25) is 4.90 Å². The molecule has 2 fully saturated rings. The molecule has 2 saturated heterocycles. The average molecular weight is 214 g/mol. The Morgan fingerprint density at radius 2 is 1.67 bits per heavy atom. The van der Waals surface area contributed by atoms with Crippen LogP contribution < -0.4 is 0 Å². The first-order chi connectivity index (χ1) is 7.27. The minimum atomic E-state index is 0.902. The van der Waals surface area contributed by atoms with Gasteiger partial charge in [0, 0.05) is 25.7 Å². The van der Waals surface area contributed by atoms with E-state index in [-0.39, 0.29) is 0 Å². The van der Waals surface area contributed by atoms with Gasteiger partial charge in [0.15, 0.2) is 0 Å². The van der Waals surface area contributed by atoms with E-state index in [1.165, 1.54) is 45.4 Å². The van der Waals surface area contributed by atoms with E-state index >= 15 is 0 Å². The normalized spacial score (nSPS) is 25.8. The number of hydrogen-bond donors (Lipinski definition) is 0. The topological polar surface area (TPSA) is 6.48 Å². The first-order valence-electron chi connectivity index (χ1n) is 6.70. The summed E-state index contributed by atoms with van der Waals surface area (Å²) < 4.78 is 0. The third-order valence-corrected chi connectivity index (χ3v) is 2.79.